The molecule has 94 valence electrons. The number of hydrogen-bond acceptors (Lipinski definition) is 5. The Kier molecular flexibility index (Phi) is 3.68. The van der Waals surface area contributed by atoms with Crippen molar-refractivity contribution in [1.29, 1.82) is 0 Å². The third-order valence-corrected chi connectivity index (χ3v) is 5.62. The smallest absolute Gasteiger partial charge is 0.134 e. The van der Waals surface area contributed by atoms with Crippen LogP contribution in [0.4, 0.5) is 0 Å². The Morgan fingerprint density at radius 2 is 2.35 bits per heavy atom. The van der Waals surface area contributed by atoms with Crippen LogP contribution in [0.25, 0.3) is 0 Å². The zero-order valence-electron chi connectivity index (χ0n) is 10.3. The first-order valence-electron chi connectivity index (χ1n) is 6.54. The lowest BCUT2D eigenvalue weighted by atomic mass is 9.89. The SMILES string of the molecule is CCCSc1nsnc1C1CC2CCN(C2)C1. The molecule has 2 saturated heterocycles. The van der Waals surface area contributed by atoms with E-state index in [1.165, 1.54) is 61.3 Å². The van der Waals surface area contributed by atoms with E-state index in [9.17, 15) is 0 Å². The maximum Gasteiger partial charge on any atom is 0.134 e. The molecule has 0 spiro atoms. The standard InChI is InChI=1S/C12H19N3S2/c1-2-5-16-12-11(13-17-14-12)10-6-9-3-4-15(7-9)8-10/h9-10H,2-8H2,1H3. The quantitative estimate of drug-likeness (QED) is 0.786. The number of hydrogen-bond donors (Lipinski definition) is 0. The van der Waals surface area contributed by atoms with Gasteiger partial charge in [-0.1, -0.05) is 6.92 Å². The van der Waals surface area contributed by atoms with Crippen LogP contribution in [-0.2, 0) is 0 Å². The molecule has 17 heavy (non-hydrogen) atoms. The van der Waals surface area contributed by atoms with Gasteiger partial charge < -0.3 is 4.90 Å². The zero-order chi connectivity index (χ0) is 11.7. The number of nitrogens with zero attached hydrogens (tertiary/aromatic N) is 3. The van der Waals surface area contributed by atoms with Gasteiger partial charge in [0.1, 0.15) is 5.03 Å². The Bertz CT molecular complexity index is 368. The van der Waals surface area contributed by atoms with Gasteiger partial charge in [0.05, 0.1) is 17.4 Å². The molecule has 1 aromatic rings. The highest BCUT2D eigenvalue weighted by Gasteiger charge is 2.35. The third kappa shape index (κ3) is 2.51. The summed E-state index contributed by atoms with van der Waals surface area (Å²) in [4.78, 5) is 2.60. The zero-order valence-corrected chi connectivity index (χ0v) is 11.9. The minimum atomic E-state index is 0.648. The summed E-state index contributed by atoms with van der Waals surface area (Å²) in [5.41, 5.74) is 1.30. The molecule has 0 aliphatic carbocycles. The molecule has 0 N–H and O–H groups in total. The molecule has 2 aliphatic rings. The van der Waals surface area contributed by atoms with Crippen LogP contribution in [0.2, 0.25) is 0 Å². The number of thioether (sulfide) groups is 1. The molecular weight excluding hydrogens is 250 g/mol. The van der Waals surface area contributed by atoms with Gasteiger partial charge >= 0.3 is 0 Å². The topological polar surface area (TPSA) is 29.0 Å². The van der Waals surface area contributed by atoms with Crippen LogP contribution < -0.4 is 0 Å². The molecule has 3 rings (SSSR count). The van der Waals surface area contributed by atoms with E-state index >= 15 is 0 Å². The molecule has 2 bridgehead atoms. The highest BCUT2D eigenvalue weighted by atomic mass is 32.2. The summed E-state index contributed by atoms with van der Waals surface area (Å²) in [6, 6.07) is 0. The molecule has 3 nitrogen and oxygen atoms in total. The first kappa shape index (κ1) is 11.9. The average molecular weight is 269 g/mol. The molecule has 0 saturated carbocycles. The number of fused-ring (bicyclic) bond motifs is 2. The van der Waals surface area contributed by atoms with Gasteiger partial charge in [0.15, 0.2) is 0 Å². The average Bonchev–Trinajstić information content (AvgIpc) is 2.93. The Balaban J connectivity index is 1.73. The van der Waals surface area contributed by atoms with E-state index in [0.29, 0.717) is 5.92 Å². The second kappa shape index (κ2) is 5.24. The van der Waals surface area contributed by atoms with Gasteiger partial charge in [0.25, 0.3) is 0 Å². The van der Waals surface area contributed by atoms with Crippen LogP contribution in [-0.4, -0.2) is 39.0 Å². The van der Waals surface area contributed by atoms with Gasteiger partial charge in [-0.15, -0.1) is 11.8 Å². The van der Waals surface area contributed by atoms with E-state index in [1.807, 2.05) is 11.8 Å². The summed E-state index contributed by atoms with van der Waals surface area (Å²) >= 11 is 3.28. The molecule has 2 fully saturated rings. The third-order valence-electron chi connectivity index (χ3n) is 3.78. The van der Waals surface area contributed by atoms with Crippen molar-refractivity contribution in [1.82, 2.24) is 13.6 Å². The lowest BCUT2D eigenvalue weighted by Gasteiger charge is -2.29. The Labute approximate surface area is 111 Å². The van der Waals surface area contributed by atoms with Gasteiger partial charge in [-0.05, 0) is 37.5 Å². The predicted molar refractivity (Wildman–Crippen MR) is 72.8 cm³/mol. The van der Waals surface area contributed by atoms with Crippen molar-refractivity contribution in [3.8, 4) is 0 Å². The van der Waals surface area contributed by atoms with Crippen LogP contribution in [0.15, 0.2) is 5.03 Å². The molecule has 0 aromatic carbocycles. The fraction of sp³-hybridized carbons (Fsp3) is 0.833. The molecule has 3 atom stereocenters. The monoisotopic (exact) mass is 269 g/mol. The van der Waals surface area contributed by atoms with Crippen LogP contribution in [0.3, 0.4) is 0 Å². The van der Waals surface area contributed by atoms with Gasteiger partial charge in [0.2, 0.25) is 0 Å². The highest BCUT2D eigenvalue weighted by molar-refractivity contribution is 7.99. The van der Waals surface area contributed by atoms with E-state index in [0.717, 1.165) is 11.7 Å². The molecule has 3 unspecified atom stereocenters. The number of aromatic nitrogens is 2. The summed E-state index contributed by atoms with van der Waals surface area (Å²) in [5, 5.41) is 1.21. The maximum atomic E-state index is 4.57. The predicted octanol–water partition coefficient (Wildman–Crippen LogP) is 2.85. The summed E-state index contributed by atoms with van der Waals surface area (Å²) in [5.74, 6) is 2.73. The van der Waals surface area contributed by atoms with Crippen LogP contribution in [0.1, 0.15) is 37.8 Å². The van der Waals surface area contributed by atoms with Crippen molar-refractivity contribution in [2.45, 2.75) is 37.1 Å². The fourth-order valence-corrected chi connectivity index (χ4v) is 4.65. The van der Waals surface area contributed by atoms with Crippen LogP contribution in [0, 0.1) is 5.92 Å². The van der Waals surface area contributed by atoms with Crippen molar-refractivity contribution < 1.29 is 0 Å². The lowest BCUT2D eigenvalue weighted by Crippen LogP contribution is -2.32. The second-order valence-electron chi connectivity index (χ2n) is 5.15. The number of piperidine rings is 1. The van der Waals surface area contributed by atoms with E-state index < -0.39 is 0 Å². The second-order valence-corrected chi connectivity index (χ2v) is 6.76. The van der Waals surface area contributed by atoms with Crippen LogP contribution in [0.5, 0.6) is 0 Å². The molecule has 0 radical (unpaired) electrons. The molecule has 3 heterocycles. The largest absolute Gasteiger partial charge is 0.302 e. The summed E-state index contributed by atoms with van der Waals surface area (Å²) < 4.78 is 9.05. The first-order valence-corrected chi connectivity index (χ1v) is 8.26. The van der Waals surface area contributed by atoms with Gasteiger partial charge in [0, 0.05) is 19.0 Å². The molecule has 2 aliphatic heterocycles. The van der Waals surface area contributed by atoms with E-state index in [2.05, 4.69) is 20.6 Å². The summed E-state index contributed by atoms with van der Waals surface area (Å²) in [7, 11) is 0. The van der Waals surface area contributed by atoms with Gasteiger partial charge in [-0.3, -0.25) is 0 Å². The van der Waals surface area contributed by atoms with Crippen molar-refractivity contribution in [3.63, 3.8) is 0 Å². The minimum absolute atomic E-state index is 0.648. The van der Waals surface area contributed by atoms with Crippen molar-refractivity contribution >= 4 is 23.5 Å². The Morgan fingerprint density at radius 1 is 1.41 bits per heavy atom. The molecule has 1 aromatic heterocycles. The Morgan fingerprint density at radius 3 is 3.18 bits per heavy atom. The fourth-order valence-electron chi connectivity index (χ4n) is 2.99. The number of rotatable bonds is 4. The van der Waals surface area contributed by atoms with Crippen molar-refractivity contribution in [2.75, 3.05) is 25.4 Å². The summed E-state index contributed by atoms with van der Waals surface area (Å²) in [6.45, 7) is 6.06. The normalized spacial score (nSPS) is 31.9. The molecular formula is C12H19N3S2. The van der Waals surface area contributed by atoms with E-state index in [1.54, 1.807) is 0 Å². The van der Waals surface area contributed by atoms with Crippen LogP contribution >= 0.6 is 23.5 Å². The maximum absolute atomic E-state index is 4.57. The van der Waals surface area contributed by atoms with Crippen molar-refractivity contribution in [3.05, 3.63) is 5.69 Å². The minimum Gasteiger partial charge on any atom is -0.302 e. The van der Waals surface area contributed by atoms with E-state index in [4.69, 9.17) is 0 Å². The van der Waals surface area contributed by atoms with Gasteiger partial charge in [-0.25, -0.2) is 0 Å². The van der Waals surface area contributed by atoms with Crippen molar-refractivity contribution in [2.24, 2.45) is 5.92 Å². The molecule has 0 amide bonds. The molecule has 5 heteroatoms. The Hall–Kier alpha value is -0.130. The highest BCUT2D eigenvalue weighted by Crippen LogP contribution is 2.38. The summed E-state index contributed by atoms with van der Waals surface area (Å²) in [6.07, 6.45) is 3.94. The van der Waals surface area contributed by atoms with Gasteiger partial charge in [-0.2, -0.15) is 8.75 Å². The van der Waals surface area contributed by atoms with E-state index in [-0.39, 0.29) is 0 Å². The lowest BCUT2D eigenvalue weighted by molar-refractivity contribution is 0.240. The first-order chi connectivity index (χ1) is 8.36.